The summed E-state index contributed by atoms with van der Waals surface area (Å²) in [6.45, 7) is 6.14. The van der Waals surface area contributed by atoms with E-state index >= 15 is 0 Å². The molecule has 2 N–H and O–H groups in total. The topological polar surface area (TPSA) is 173 Å². The number of imide groups is 1. The van der Waals surface area contributed by atoms with Crippen LogP contribution in [0.1, 0.15) is 77.3 Å². The van der Waals surface area contributed by atoms with Gasteiger partial charge in [0, 0.05) is 50.3 Å². The Balaban J connectivity index is 1.03. The van der Waals surface area contributed by atoms with Crippen molar-refractivity contribution in [1.29, 1.82) is 0 Å². The number of nitrogens with one attached hydrogen (secondary N) is 2. The fraction of sp³-hybridized carbons (Fsp3) is 0.395. The average molecular weight is 714 g/mol. The second-order valence-corrected chi connectivity index (χ2v) is 12.7. The van der Waals surface area contributed by atoms with E-state index in [2.05, 4.69) is 22.2 Å². The standard InChI is InChI=1S/C38H43N5O9/c1-22-23(2)42(3)20-28(41-22)24-17-32(50-4)26(33(18-24)51-5)9-7-12-34(46)39-15-8-16-40-35(47)21-52-31-11-6-10-27-36(31)38(49)43(37(27)48)29-14-13-25(44)19-30(29)45/h6,10-11,17-18,20,29H,2,7-9,12-16,19,21H2,1,3-5H3,(H,39,46)(H,40,47). The van der Waals surface area contributed by atoms with E-state index in [0.29, 0.717) is 37.3 Å². The van der Waals surface area contributed by atoms with E-state index in [1.165, 1.54) is 18.2 Å². The Morgan fingerprint density at radius 3 is 2.31 bits per heavy atom. The lowest BCUT2D eigenvalue weighted by atomic mass is 9.92. The molecule has 1 aliphatic carbocycles. The van der Waals surface area contributed by atoms with Crippen molar-refractivity contribution in [3.63, 3.8) is 0 Å². The Hall–Kier alpha value is -5.79. The first-order valence-electron chi connectivity index (χ1n) is 17.1. The number of ether oxygens (including phenoxy) is 3. The predicted molar refractivity (Wildman–Crippen MR) is 191 cm³/mol. The lowest BCUT2D eigenvalue weighted by Gasteiger charge is -2.27. The molecular weight excluding hydrogens is 670 g/mol. The first-order valence-corrected chi connectivity index (χ1v) is 17.1. The number of benzene rings is 2. The number of hydrogen-bond acceptors (Lipinski definition) is 11. The zero-order valence-electron chi connectivity index (χ0n) is 29.8. The quantitative estimate of drug-likeness (QED) is 0.159. The number of aliphatic imine (C=N–C) groups is 1. The molecule has 1 fully saturated rings. The Kier molecular flexibility index (Phi) is 11.9. The maximum atomic E-state index is 13.2. The van der Waals surface area contributed by atoms with Gasteiger partial charge < -0.3 is 29.7 Å². The van der Waals surface area contributed by atoms with Crippen LogP contribution in [0.5, 0.6) is 17.2 Å². The predicted octanol–water partition coefficient (Wildman–Crippen LogP) is 3.23. The van der Waals surface area contributed by atoms with Crippen molar-refractivity contribution in [2.24, 2.45) is 4.99 Å². The van der Waals surface area contributed by atoms with Gasteiger partial charge in [-0.25, -0.2) is 4.99 Å². The van der Waals surface area contributed by atoms with Crippen molar-refractivity contribution in [3.8, 4) is 17.2 Å². The summed E-state index contributed by atoms with van der Waals surface area (Å²) in [5.74, 6) is -1.24. The van der Waals surface area contributed by atoms with Gasteiger partial charge in [0.1, 0.15) is 23.0 Å². The highest BCUT2D eigenvalue weighted by Gasteiger charge is 2.45. The van der Waals surface area contributed by atoms with Crippen molar-refractivity contribution in [2.45, 2.75) is 57.9 Å². The van der Waals surface area contributed by atoms with Gasteiger partial charge in [-0.05, 0) is 56.9 Å². The number of fused-ring (bicyclic) bond motifs is 1. The Morgan fingerprint density at radius 1 is 0.962 bits per heavy atom. The van der Waals surface area contributed by atoms with E-state index in [4.69, 9.17) is 14.2 Å². The lowest BCUT2D eigenvalue weighted by Crippen LogP contribution is -2.47. The minimum atomic E-state index is -1.000. The highest BCUT2D eigenvalue weighted by Crippen LogP contribution is 2.37. The molecule has 3 aliphatic rings. The Bertz CT molecular complexity index is 1860. The minimum Gasteiger partial charge on any atom is -0.496 e. The molecule has 0 radical (unpaired) electrons. The van der Waals surface area contributed by atoms with Gasteiger partial charge in [-0.1, -0.05) is 12.6 Å². The third-order valence-corrected chi connectivity index (χ3v) is 9.20. The number of rotatable bonds is 15. The largest absolute Gasteiger partial charge is 0.496 e. The first kappa shape index (κ1) is 37.5. The van der Waals surface area contributed by atoms with Gasteiger partial charge in [0.2, 0.25) is 5.91 Å². The monoisotopic (exact) mass is 713 g/mol. The van der Waals surface area contributed by atoms with Crippen LogP contribution in [-0.2, 0) is 25.6 Å². The summed E-state index contributed by atoms with van der Waals surface area (Å²) >= 11 is 0. The summed E-state index contributed by atoms with van der Waals surface area (Å²) in [4.78, 5) is 82.8. The normalized spacial score (nSPS) is 17.1. The smallest absolute Gasteiger partial charge is 0.266 e. The molecule has 0 aromatic heterocycles. The number of Topliss-reactive ketones (excluding diaryl/α,β-unsaturated/α-hetero) is 2. The molecule has 1 saturated carbocycles. The fourth-order valence-electron chi connectivity index (χ4n) is 6.37. The van der Waals surface area contributed by atoms with Crippen LogP contribution in [0.25, 0.3) is 5.70 Å². The van der Waals surface area contributed by atoms with Crippen LogP contribution in [0.4, 0.5) is 0 Å². The molecule has 52 heavy (non-hydrogen) atoms. The number of nitrogens with zero attached hydrogens (tertiary/aromatic N) is 3. The first-order chi connectivity index (χ1) is 24.9. The highest BCUT2D eigenvalue weighted by molar-refractivity contribution is 6.24. The number of amides is 4. The van der Waals surface area contributed by atoms with Crippen molar-refractivity contribution >= 4 is 46.6 Å². The molecular formula is C38H43N5O9. The molecule has 0 spiro atoms. The number of allylic oxidation sites excluding steroid dienone is 1. The van der Waals surface area contributed by atoms with Crippen LogP contribution in [0.2, 0.25) is 0 Å². The lowest BCUT2D eigenvalue weighted by molar-refractivity contribution is -0.132. The van der Waals surface area contributed by atoms with Crippen LogP contribution in [-0.4, -0.2) is 97.7 Å². The molecule has 1 atom stereocenters. The van der Waals surface area contributed by atoms with Crippen molar-refractivity contribution < 1.29 is 43.0 Å². The summed E-state index contributed by atoms with van der Waals surface area (Å²) in [6, 6.07) is 7.29. The molecule has 2 aromatic carbocycles. The third-order valence-electron chi connectivity index (χ3n) is 9.20. The van der Waals surface area contributed by atoms with E-state index in [1.807, 2.05) is 37.2 Å². The van der Waals surface area contributed by atoms with Gasteiger partial charge in [0.05, 0.1) is 54.9 Å². The number of methoxy groups -OCH3 is 2. The van der Waals surface area contributed by atoms with Crippen LogP contribution >= 0.6 is 0 Å². The van der Waals surface area contributed by atoms with Gasteiger partial charge >= 0.3 is 0 Å². The van der Waals surface area contributed by atoms with Gasteiger partial charge in [0.15, 0.2) is 12.4 Å². The molecule has 14 nitrogen and oxygen atoms in total. The van der Waals surface area contributed by atoms with Crippen molar-refractivity contribution in [3.05, 3.63) is 71.1 Å². The Morgan fingerprint density at radius 2 is 1.65 bits per heavy atom. The number of ketones is 2. The maximum absolute atomic E-state index is 13.2. The molecule has 0 saturated heterocycles. The van der Waals surface area contributed by atoms with E-state index in [1.54, 1.807) is 14.2 Å². The van der Waals surface area contributed by atoms with Gasteiger partial charge in [-0.2, -0.15) is 0 Å². The molecule has 2 aliphatic heterocycles. The molecule has 4 amide bonds. The molecule has 1 unspecified atom stereocenters. The van der Waals surface area contributed by atoms with E-state index in [9.17, 15) is 28.8 Å². The van der Waals surface area contributed by atoms with Gasteiger partial charge in [-0.15, -0.1) is 0 Å². The zero-order chi connectivity index (χ0) is 37.5. The molecule has 14 heteroatoms. The average Bonchev–Trinajstić information content (AvgIpc) is 3.38. The van der Waals surface area contributed by atoms with Crippen LogP contribution < -0.4 is 24.8 Å². The second kappa shape index (κ2) is 16.5. The third kappa shape index (κ3) is 8.22. The maximum Gasteiger partial charge on any atom is 0.266 e. The summed E-state index contributed by atoms with van der Waals surface area (Å²) < 4.78 is 17.0. The summed E-state index contributed by atoms with van der Waals surface area (Å²) in [6.07, 6.45) is 3.66. The van der Waals surface area contributed by atoms with Gasteiger partial charge in [-0.3, -0.25) is 33.7 Å². The number of carbonyl (C=O) groups excluding carboxylic acids is 6. The van der Waals surface area contributed by atoms with Crippen molar-refractivity contribution in [1.82, 2.24) is 20.4 Å². The van der Waals surface area contributed by atoms with Crippen LogP contribution in [0, 0.1) is 0 Å². The summed E-state index contributed by atoms with van der Waals surface area (Å²) in [5, 5.41) is 5.57. The number of hydrogen-bond donors (Lipinski definition) is 2. The zero-order valence-corrected chi connectivity index (χ0v) is 29.8. The van der Waals surface area contributed by atoms with E-state index in [-0.39, 0.29) is 60.8 Å². The summed E-state index contributed by atoms with van der Waals surface area (Å²) in [7, 11) is 5.10. The molecule has 274 valence electrons. The summed E-state index contributed by atoms with van der Waals surface area (Å²) in [5.41, 5.74) is 4.16. The van der Waals surface area contributed by atoms with Crippen molar-refractivity contribution in [2.75, 3.05) is 41.0 Å². The minimum absolute atomic E-state index is 0.0107. The van der Waals surface area contributed by atoms with Crippen LogP contribution in [0.15, 0.2) is 53.8 Å². The van der Waals surface area contributed by atoms with E-state index < -0.39 is 36.2 Å². The van der Waals surface area contributed by atoms with E-state index in [0.717, 1.165) is 33.1 Å². The Labute approximate surface area is 301 Å². The SMILES string of the molecule is C=C1C(C)=NC(c2cc(OC)c(CCCC(=O)NCCCNC(=O)COc3cccc4c3C(=O)N(C3CCC(=O)CC3=O)C4=O)c(OC)c2)=CN1C. The fourth-order valence-corrected chi connectivity index (χ4v) is 6.37. The number of carbonyl (C=O) groups is 6. The second-order valence-electron chi connectivity index (χ2n) is 12.7. The molecule has 2 aromatic rings. The molecule has 0 bridgehead atoms. The van der Waals surface area contributed by atoms with Gasteiger partial charge in [0.25, 0.3) is 17.7 Å². The highest BCUT2D eigenvalue weighted by atomic mass is 16.5. The van der Waals surface area contributed by atoms with Crippen LogP contribution in [0.3, 0.4) is 0 Å². The molecule has 5 rings (SSSR count). The molecule has 2 heterocycles.